The van der Waals surface area contributed by atoms with Crippen LogP contribution in [0.5, 0.6) is 11.5 Å². The van der Waals surface area contributed by atoms with Crippen LogP contribution in [0.25, 0.3) is 27.1 Å². The van der Waals surface area contributed by atoms with Gasteiger partial charge in [0.1, 0.15) is 16.7 Å². The van der Waals surface area contributed by atoms with E-state index in [4.69, 9.17) is 9.47 Å². The maximum atomic E-state index is 13.2. The molecule has 26 heavy (non-hydrogen) atoms. The molecular formula is C20H14N2O4. The molecule has 0 radical (unpaired) electrons. The molecule has 4 rings (SSSR count). The summed E-state index contributed by atoms with van der Waals surface area (Å²) in [6.45, 7) is 1.86. The fraction of sp³-hybridized carbons (Fsp3) is 0.150. The Labute approximate surface area is 146 Å². The quantitative estimate of drug-likeness (QED) is 0.409. The Kier molecular flexibility index (Phi) is 3.39. The molecule has 0 aliphatic heterocycles. The minimum atomic E-state index is -0.407. The molecule has 2 aromatic carbocycles. The van der Waals surface area contributed by atoms with Crippen molar-refractivity contribution < 1.29 is 14.3 Å². The Morgan fingerprint density at radius 3 is 2.27 bits per heavy atom. The third-order valence-electron chi connectivity index (χ3n) is 4.73. The second-order valence-electron chi connectivity index (χ2n) is 6.13. The van der Waals surface area contributed by atoms with Crippen LogP contribution in [-0.2, 0) is 0 Å². The highest BCUT2D eigenvalue weighted by atomic mass is 16.5. The van der Waals surface area contributed by atoms with Crippen molar-refractivity contribution in [3.05, 3.63) is 77.7 Å². The van der Waals surface area contributed by atoms with Crippen LogP contribution in [0.1, 0.15) is 5.56 Å². The third kappa shape index (κ3) is 1.87. The average Bonchev–Trinajstić information content (AvgIpc) is 2.99. The van der Waals surface area contributed by atoms with Gasteiger partial charge in [-0.2, -0.15) is 4.79 Å². The fourth-order valence-electron chi connectivity index (χ4n) is 3.67. The summed E-state index contributed by atoms with van der Waals surface area (Å²) in [6.07, 6.45) is 0. The molecule has 0 atom stereocenters. The van der Waals surface area contributed by atoms with Gasteiger partial charge in [0.2, 0.25) is 5.43 Å². The molecule has 2 aromatic rings. The molecule has 0 unspecified atom stereocenters. The largest absolute Gasteiger partial charge is 0.496 e. The molecule has 0 fully saturated rings. The molecule has 2 aliphatic rings. The Bertz CT molecular complexity index is 1460. The molecule has 6 nitrogen and oxygen atoms in total. The number of benzene rings is 2. The van der Waals surface area contributed by atoms with Crippen LogP contribution in [0.4, 0.5) is 0 Å². The minimum Gasteiger partial charge on any atom is -0.496 e. The summed E-state index contributed by atoms with van der Waals surface area (Å²) < 4.78 is 10.7. The Morgan fingerprint density at radius 1 is 0.885 bits per heavy atom. The van der Waals surface area contributed by atoms with E-state index in [0.717, 1.165) is 5.56 Å². The highest BCUT2D eigenvalue weighted by Gasteiger charge is 2.23. The van der Waals surface area contributed by atoms with Crippen LogP contribution in [-0.4, -0.2) is 19.0 Å². The van der Waals surface area contributed by atoms with Crippen molar-refractivity contribution in [2.75, 3.05) is 14.2 Å². The molecule has 128 valence electrons. The van der Waals surface area contributed by atoms with Crippen molar-refractivity contribution in [2.45, 2.75) is 6.92 Å². The number of nitrogens with zero attached hydrogens (tertiary/aromatic N) is 2. The van der Waals surface area contributed by atoms with Gasteiger partial charge >= 0.3 is 5.36 Å². The van der Waals surface area contributed by atoms with Crippen LogP contribution < -0.4 is 25.7 Å². The van der Waals surface area contributed by atoms with Crippen LogP contribution >= 0.6 is 0 Å². The van der Waals surface area contributed by atoms with Gasteiger partial charge in [0, 0.05) is 10.8 Å². The van der Waals surface area contributed by atoms with Gasteiger partial charge in [0.15, 0.2) is 5.43 Å². The number of hydrogen-bond acceptors (Lipinski definition) is 4. The number of aryl methyl sites for hydroxylation is 1. The van der Waals surface area contributed by atoms with Crippen LogP contribution in [0.3, 0.4) is 0 Å². The first-order valence-electron chi connectivity index (χ1n) is 7.96. The predicted molar refractivity (Wildman–Crippen MR) is 96.3 cm³/mol. The Hall–Kier alpha value is -3.50. The van der Waals surface area contributed by atoms with Crippen LogP contribution in [0, 0.1) is 17.4 Å². The molecule has 0 amide bonds. The standard InChI is InChI=1S/C20H14N2O4/c1-9-7-11-14(13(8-9)26-3)16-17(18(11)22-21)20(24)15-10(19(16)23)5-4-6-12(15)25-2/h4-8H,1-3H3. The van der Waals surface area contributed by atoms with E-state index in [1.807, 2.05) is 6.92 Å². The minimum absolute atomic E-state index is 0.0758. The lowest BCUT2D eigenvalue weighted by molar-refractivity contribution is -0.0635. The SMILES string of the molecule is COc1cccc2c(=O)c3c4c(OC)cc(C)cc4c(=[N+]=[N-])c=3c(=O)c12. The van der Waals surface area contributed by atoms with Gasteiger partial charge in [0.25, 0.3) is 0 Å². The maximum Gasteiger partial charge on any atom is 0.335 e. The van der Waals surface area contributed by atoms with Gasteiger partial charge in [0.05, 0.1) is 30.2 Å². The van der Waals surface area contributed by atoms with E-state index in [0.29, 0.717) is 22.3 Å². The second kappa shape index (κ2) is 5.51. The predicted octanol–water partition coefficient (Wildman–Crippen LogP) is 1.77. The Balaban J connectivity index is 2.56. The summed E-state index contributed by atoms with van der Waals surface area (Å²) in [7, 11) is 2.93. The molecule has 0 spiro atoms. The van der Waals surface area contributed by atoms with E-state index in [2.05, 4.69) is 4.79 Å². The maximum absolute atomic E-state index is 13.2. The van der Waals surface area contributed by atoms with Gasteiger partial charge in [-0.15, -0.1) is 0 Å². The monoisotopic (exact) mass is 346 g/mol. The molecule has 0 heterocycles. The zero-order valence-corrected chi connectivity index (χ0v) is 14.4. The number of methoxy groups -OCH3 is 2. The smallest absolute Gasteiger partial charge is 0.335 e. The molecular weight excluding hydrogens is 332 g/mol. The van der Waals surface area contributed by atoms with E-state index in [1.54, 1.807) is 30.3 Å². The van der Waals surface area contributed by atoms with Crippen molar-refractivity contribution >= 4 is 21.5 Å². The van der Waals surface area contributed by atoms with Crippen molar-refractivity contribution in [2.24, 2.45) is 0 Å². The first-order chi connectivity index (χ1) is 12.5. The summed E-state index contributed by atoms with van der Waals surface area (Å²) in [5.41, 5.74) is 9.73. The normalized spacial score (nSPS) is 11.2. The number of ether oxygens (including phenoxy) is 2. The topological polar surface area (TPSA) is 89.0 Å². The van der Waals surface area contributed by atoms with E-state index in [9.17, 15) is 15.1 Å². The lowest BCUT2D eigenvalue weighted by atomic mass is 10.0. The highest BCUT2D eigenvalue weighted by Crippen LogP contribution is 2.28. The molecule has 0 aromatic heterocycles. The van der Waals surface area contributed by atoms with Crippen LogP contribution in [0.2, 0.25) is 0 Å². The summed E-state index contributed by atoms with van der Waals surface area (Å²) in [5, 5.41) is 1.79. The first-order valence-corrected chi connectivity index (χ1v) is 7.96. The van der Waals surface area contributed by atoms with Gasteiger partial charge in [-0.05, 0) is 30.7 Å². The van der Waals surface area contributed by atoms with E-state index in [-0.39, 0.29) is 32.0 Å². The first kappa shape index (κ1) is 16.0. The van der Waals surface area contributed by atoms with E-state index >= 15 is 0 Å². The van der Waals surface area contributed by atoms with Crippen molar-refractivity contribution in [1.82, 2.24) is 0 Å². The molecule has 0 saturated carbocycles. The second-order valence-corrected chi connectivity index (χ2v) is 6.13. The molecule has 0 saturated heterocycles. The summed E-state index contributed by atoms with van der Waals surface area (Å²) >= 11 is 0. The molecule has 0 N–H and O–H groups in total. The summed E-state index contributed by atoms with van der Waals surface area (Å²) in [4.78, 5) is 29.8. The van der Waals surface area contributed by atoms with Crippen molar-refractivity contribution in [3.8, 4) is 11.5 Å². The molecule has 0 bridgehead atoms. The number of hydrogen-bond donors (Lipinski definition) is 0. The lowest BCUT2D eigenvalue weighted by Crippen LogP contribution is -2.20. The molecule has 6 heteroatoms. The lowest BCUT2D eigenvalue weighted by Gasteiger charge is -2.04. The number of fused-ring (bicyclic) bond motifs is 3. The van der Waals surface area contributed by atoms with Crippen LogP contribution in [0.15, 0.2) is 39.9 Å². The van der Waals surface area contributed by atoms with Gasteiger partial charge < -0.3 is 15.0 Å². The van der Waals surface area contributed by atoms with Crippen molar-refractivity contribution in [3.63, 3.8) is 0 Å². The van der Waals surface area contributed by atoms with Gasteiger partial charge in [-0.25, -0.2) is 0 Å². The zero-order chi connectivity index (χ0) is 18.6. The number of rotatable bonds is 2. The zero-order valence-electron chi connectivity index (χ0n) is 14.4. The summed E-state index contributed by atoms with van der Waals surface area (Å²) in [6, 6.07) is 8.43. The highest BCUT2D eigenvalue weighted by molar-refractivity contribution is 5.95. The average molecular weight is 346 g/mol. The Morgan fingerprint density at radius 2 is 1.62 bits per heavy atom. The summed E-state index contributed by atoms with van der Waals surface area (Å²) in [5.74, 6) is 0.766. The van der Waals surface area contributed by atoms with Gasteiger partial charge in [-0.3, -0.25) is 9.59 Å². The van der Waals surface area contributed by atoms with Gasteiger partial charge in [-0.1, -0.05) is 12.1 Å². The fourth-order valence-corrected chi connectivity index (χ4v) is 3.67. The van der Waals surface area contributed by atoms with E-state index in [1.165, 1.54) is 14.2 Å². The molecule has 2 aliphatic carbocycles. The van der Waals surface area contributed by atoms with Crippen molar-refractivity contribution in [1.29, 1.82) is 0 Å². The van der Waals surface area contributed by atoms with E-state index < -0.39 is 5.43 Å². The third-order valence-corrected chi connectivity index (χ3v) is 4.73.